The number of hydrogen-bond acceptors (Lipinski definition) is 4. The Hall–Kier alpha value is -2.30. The van der Waals surface area contributed by atoms with Crippen molar-refractivity contribution >= 4 is 41.3 Å². The molecule has 0 bridgehead atoms. The molecule has 0 saturated heterocycles. The van der Waals surface area contributed by atoms with Gasteiger partial charge in [-0.1, -0.05) is 0 Å². The number of hydrogen-bond donors (Lipinski definition) is 3. The molecule has 0 amide bonds. The lowest BCUT2D eigenvalue weighted by atomic mass is 10.3. The first-order valence-corrected chi connectivity index (χ1v) is 7.72. The van der Waals surface area contributed by atoms with E-state index in [2.05, 4.69) is 25.5 Å². The fourth-order valence-corrected chi connectivity index (χ4v) is 2.13. The fourth-order valence-electron chi connectivity index (χ4n) is 2.13. The van der Waals surface area contributed by atoms with E-state index in [0.29, 0.717) is 13.1 Å². The molecule has 0 atom stereocenters. The maximum Gasteiger partial charge on any atom is 0.269 e. The number of nitrogens with zero attached hydrogens (tertiary/aromatic N) is 3. The molecule has 136 valence electrons. The number of aliphatic imine (C=N–C) groups is 1. The van der Waals surface area contributed by atoms with Gasteiger partial charge in [0.15, 0.2) is 5.96 Å². The van der Waals surface area contributed by atoms with Crippen LogP contribution in [0, 0.1) is 10.1 Å². The lowest BCUT2D eigenvalue weighted by Gasteiger charge is -2.13. The molecule has 0 aliphatic carbocycles. The lowest BCUT2D eigenvalue weighted by molar-refractivity contribution is -0.384. The van der Waals surface area contributed by atoms with Crippen LogP contribution in [0.2, 0.25) is 0 Å². The first-order chi connectivity index (χ1) is 11.7. The van der Waals surface area contributed by atoms with Gasteiger partial charge in [0.25, 0.3) is 5.69 Å². The van der Waals surface area contributed by atoms with E-state index in [9.17, 15) is 10.1 Å². The van der Waals surface area contributed by atoms with Gasteiger partial charge in [0, 0.05) is 63.4 Å². The van der Waals surface area contributed by atoms with Gasteiger partial charge in [0.05, 0.1) is 4.92 Å². The summed E-state index contributed by atoms with van der Waals surface area (Å²) in [5.41, 5.74) is 0.934. The lowest BCUT2D eigenvalue weighted by Crippen LogP contribution is -2.40. The molecule has 2 aromatic rings. The van der Waals surface area contributed by atoms with Crippen LogP contribution in [0.15, 0.2) is 53.8 Å². The van der Waals surface area contributed by atoms with Crippen molar-refractivity contribution in [1.29, 1.82) is 0 Å². The van der Waals surface area contributed by atoms with Crippen molar-refractivity contribution in [3.05, 3.63) is 58.9 Å². The van der Waals surface area contributed by atoms with Crippen molar-refractivity contribution in [2.75, 3.05) is 32.0 Å². The second-order valence-corrected chi connectivity index (χ2v) is 5.08. The summed E-state index contributed by atoms with van der Waals surface area (Å²) in [6.45, 7) is 3.01. The van der Waals surface area contributed by atoms with Crippen LogP contribution in [0.1, 0.15) is 0 Å². The van der Waals surface area contributed by atoms with Crippen molar-refractivity contribution in [1.82, 2.24) is 15.2 Å². The first-order valence-electron chi connectivity index (χ1n) is 7.72. The van der Waals surface area contributed by atoms with E-state index >= 15 is 0 Å². The van der Waals surface area contributed by atoms with Gasteiger partial charge >= 0.3 is 0 Å². The Kier molecular flexibility index (Phi) is 9.37. The largest absolute Gasteiger partial charge is 0.383 e. The molecular formula is C16H23IN6O2. The Bertz CT molecular complexity index is 658. The Labute approximate surface area is 163 Å². The van der Waals surface area contributed by atoms with Gasteiger partial charge in [-0.15, -0.1) is 24.0 Å². The molecule has 0 unspecified atom stereocenters. The zero-order chi connectivity index (χ0) is 17.2. The number of nitro benzene ring substituents is 1. The molecule has 0 radical (unpaired) electrons. The van der Waals surface area contributed by atoms with E-state index in [4.69, 9.17) is 0 Å². The van der Waals surface area contributed by atoms with Crippen LogP contribution in [0.5, 0.6) is 0 Å². The SMILES string of the molecule is CN=C(NCCNc1ccc([N+](=O)[O-])cc1)NCCn1cccc1.I. The van der Waals surface area contributed by atoms with E-state index in [0.717, 1.165) is 24.7 Å². The molecule has 0 aliphatic rings. The number of benzene rings is 1. The topological polar surface area (TPSA) is 96.5 Å². The van der Waals surface area contributed by atoms with Crippen LogP contribution in [0.25, 0.3) is 0 Å². The van der Waals surface area contributed by atoms with Crippen LogP contribution in [0.4, 0.5) is 11.4 Å². The highest BCUT2D eigenvalue weighted by molar-refractivity contribution is 14.0. The van der Waals surface area contributed by atoms with Crippen LogP contribution in [0.3, 0.4) is 0 Å². The summed E-state index contributed by atoms with van der Waals surface area (Å²) >= 11 is 0. The number of halogens is 1. The second-order valence-electron chi connectivity index (χ2n) is 5.08. The summed E-state index contributed by atoms with van der Waals surface area (Å²) in [5.74, 6) is 0.743. The van der Waals surface area contributed by atoms with Crippen molar-refractivity contribution in [2.45, 2.75) is 6.54 Å². The average Bonchev–Trinajstić information content (AvgIpc) is 3.10. The quantitative estimate of drug-likeness (QED) is 0.141. The molecule has 25 heavy (non-hydrogen) atoms. The molecule has 8 nitrogen and oxygen atoms in total. The normalized spacial score (nSPS) is 10.7. The monoisotopic (exact) mass is 458 g/mol. The Balaban J connectivity index is 0.00000312. The van der Waals surface area contributed by atoms with E-state index in [1.165, 1.54) is 12.1 Å². The average molecular weight is 458 g/mol. The van der Waals surface area contributed by atoms with Gasteiger partial charge in [0.1, 0.15) is 0 Å². The van der Waals surface area contributed by atoms with Crippen LogP contribution >= 0.6 is 24.0 Å². The Morgan fingerprint density at radius 3 is 2.36 bits per heavy atom. The van der Waals surface area contributed by atoms with Gasteiger partial charge in [-0.3, -0.25) is 15.1 Å². The molecule has 1 heterocycles. The summed E-state index contributed by atoms with van der Waals surface area (Å²) < 4.78 is 2.09. The predicted molar refractivity (Wildman–Crippen MR) is 111 cm³/mol. The molecule has 0 saturated carbocycles. The number of non-ortho nitro benzene ring substituents is 1. The fraction of sp³-hybridized carbons (Fsp3) is 0.312. The predicted octanol–water partition coefficient (Wildman–Crippen LogP) is 2.29. The maximum absolute atomic E-state index is 10.6. The summed E-state index contributed by atoms with van der Waals surface area (Å²) in [4.78, 5) is 14.4. The number of aromatic nitrogens is 1. The summed E-state index contributed by atoms with van der Waals surface area (Å²) in [5, 5.41) is 20.2. The minimum absolute atomic E-state index is 0. The standard InChI is InChI=1S/C16H22N6O2.HI/c1-17-16(20-10-13-21-11-2-3-12-21)19-9-8-18-14-4-6-15(7-5-14)22(23)24;/h2-7,11-12,18H,8-10,13H2,1H3,(H2,17,19,20);1H. The molecule has 0 fully saturated rings. The number of nitrogens with one attached hydrogen (secondary N) is 3. The number of rotatable bonds is 8. The molecular weight excluding hydrogens is 435 g/mol. The molecule has 3 N–H and O–H groups in total. The third-order valence-corrected chi connectivity index (χ3v) is 3.38. The van der Waals surface area contributed by atoms with Gasteiger partial charge in [-0.2, -0.15) is 0 Å². The Morgan fingerprint density at radius 2 is 1.76 bits per heavy atom. The highest BCUT2D eigenvalue weighted by atomic mass is 127. The number of nitro groups is 1. The van der Waals surface area contributed by atoms with Crippen molar-refractivity contribution < 1.29 is 4.92 Å². The first kappa shape index (κ1) is 20.7. The summed E-state index contributed by atoms with van der Waals surface area (Å²) in [6, 6.07) is 10.4. The third kappa shape index (κ3) is 7.42. The van der Waals surface area contributed by atoms with Gasteiger partial charge in [-0.25, -0.2) is 0 Å². The second kappa shape index (κ2) is 11.3. The van der Waals surface area contributed by atoms with Gasteiger partial charge in [0.2, 0.25) is 0 Å². The third-order valence-electron chi connectivity index (χ3n) is 3.38. The van der Waals surface area contributed by atoms with E-state index in [1.807, 2.05) is 24.5 Å². The van der Waals surface area contributed by atoms with Crippen molar-refractivity contribution in [3.63, 3.8) is 0 Å². The maximum atomic E-state index is 10.6. The van der Waals surface area contributed by atoms with Crippen LogP contribution < -0.4 is 16.0 Å². The van der Waals surface area contributed by atoms with Gasteiger partial charge in [-0.05, 0) is 24.3 Å². The van der Waals surface area contributed by atoms with Crippen molar-refractivity contribution in [2.24, 2.45) is 4.99 Å². The number of guanidine groups is 1. The zero-order valence-electron chi connectivity index (χ0n) is 14.0. The molecule has 1 aromatic carbocycles. The highest BCUT2D eigenvalue weighted by Crippen LogP contribution is 2.14. The van der Waals surface area contributed by atoms with Crippen LogP contribution in [-0.2, 0) is 6.54 Å². The molecule has 2 rings (SSSR count). The van der Waals surface area contributed by atoms with Gasteiger partial charge < -0.3 is 20.5 Å². The van der Waals surface area contributed by atoms with E-state index in [1.54, 1.807) is 19.2 Å². The van der Waals surface area contributed by atoms with E-state index in [-0.39, 0.29) is 29.7 Å². The molecule has 0 spiro atoms. The van der Waals surface area contributed by atoms with Crippen LogP contribution in [-0.4, -0.2) is 42.1 Å². The Morgan fingerprint density at radius 1 is 1.12 bits per heavy atom. The molecule has 1 aromatic heterocycles. The minimum Gasteiger partial charge on any atom is -0.383 e. The number of anilines is 1. The summed E-state index contributed by atoms with van der Waals surface area (Å²) in [6.07, 6.45) is 4.04. The van der Waals surface area contributed by atoms with E-state index < -0.39 is 4.92 Å². The smallest absolute Gasteiger partial charge is 0.269 e. The highest BCUT2D eigenvalue weighted by Gasteiger charge is 2.03. The molecule has 0 aliphatic heterocycles. The van der Waals surface area contributed by atoms with Crippen molar-refractivity contribution in [3.8, 4) is 0 Å². The molecule has 9 heteroatoms. The summed E-state index contributed by atoms with van der Waals surface area (Å²) in [7, 11) is 1.73. The minimum atomic E-state index is -0.408. The zero-order valence-corrected chi connectivity index (χ0v) is 16.3.